The zero-order valence-corrected chi connectivity index (χ0v) is 14.2. The van der Waals surface area contributed by atoms with E-state index in [-0.39, 0.29) is 0 Å². The largest absolute Gasteiger partial charge is 0.493 e. The molecule has 0 fully saturated rings. The summed E-state index contributed by atoms with van der Waals surface area (Å²) in [6, 6.07) is 12.5. The highest BCUT2D eigenvalue weighted by molar-refractivity contribution is 5.52. The van der Waals surface area contributed by atoms with Crippen LogP contribution in [0.2, 0.25) is 0 Å². The maximum absolute atomic E-state index is 5.74. The van der Waals surface area contributed by atoms with Crippen molar-refractivity contribution >= 4 is 5.69 Å². The van der Waals surface area contributed by atoms with Crippen LogP contribution in [0.4, 0.5) is 5.69 Å². The minimum absolute atomic E-state index is 0.610. The molecule has 2 aromatic carbocycles. The summed E-state index contributed by atoms with van der Waals surface area (Å²) in [7, 11) is 1.68. The van der Waals surface area contributed by atoms with E-state index in [9.17, 15) is 0 Å². The van der Waals surface area contributed by atoms with Gasteiger partial charge in [0.15, 0.2) is 11.5 Å². The molecule has 0 heterocycles. The van der Waals surface area contributed by atoms with Crippen LogP contribution in [-0.4, -0.2) is 13.7 Å². The molecule has 0 saturated carbocycles. The SMILES string of the molecule is C=CCc1cc(CNc2cccc(C)c2)cc(OCC)c1OC. The van der Waals surface area contributed by atoms with Gasteiger partial charge in [-0.3, -0.25) is 0 Å². The van der Waals surface area contributed by atoms with Gasteiger partial charge in [0.25, 0.3) is 0 Å². The van der Waals surface area contributed by atoms with Gasteiger partial charge in [-0.2, -0.15) is 0 Å². The predicted molar refractivity (Wildman–Crippen MR) is 96.6 cm³/mol. The number of benzene rings is 2. The Morgan fingerprint density at radius 3 is 2.70 bits per heavy atom. The van der Waals surface area contributed by atoms with Crippen LogP contribution in [0.1, 0.15) is 23.6 Å². The number of rotatable bonds is 8. The van der Waals surface area contributed by atoms with Gasteiger partial charge in [0.05, 0.1) is 13.7 Å². The van der Waals surface area contributed by atoms with Crippen molar-refractivity contribution in [3.63, 3.8) is 0 Å². The molecule has 0 aromatic heterocycles. The summed E-state index contributed by atoms with van der Waals surface area (Å²) in [5.74, 6) is 1.58. The molecule has 2 aromatic rings. The number of aryl methyl sites for hydroxylation is 1. The second kappa shape index (κ2) is 8.28. The van der Waals surface area contributed by atoms with Crippen molar-refractivity contribution < 1.29 is 9.47 Å². The van der Waals surface area contributed by atoms with Crippen molar-refractivity contribution in [2.24, 2.45) is 0 Å². The predicted octanol–water partition coefficient (Wildman–Crippen LogP) is 4.74. The Bertz CT molecular complexity index is 665. The fraction of sp³-hybridized carbons (Fsp3) is 0.300. The van der Waals surface area contributed by atoms with Gasteiger partial charge in [-0.1, -0.05) is 18.2 Å². The molecule has 3 heteroatoms. The molecule has 23 heavy (non-hydrogen) atoms. The smallest absolute Gasteiger partial charge is 0.164 e. The third-order valence-electron chi connectivity index (χ3n) is 3.57. The third-order valence-corrected chi connectivity index (χ3v) is 3.57. The molecule has 0 aliphatic rings. The lowest BCUT2D eigenvalue weighted by molar-refractivity contribution is 0.309. The van der Waals surface area contributed by atoms with Crippen LogP contribution >= 0.6 is 0 Å². The van der Waals surface area contributed by atoms with E-state index < -0.39 is 0 Å². The number of hydrogen-bond acceptors (Lipinski definition) is 3. The van der Waals surface area contributed by atoms with Gasteiger partial charge in [-0.25, -0.2) is 0 Å². The fourth-order valence-corrected chi connectivity index (χ4v) is 2.59. The molecule has 2 rings (SSSR count). The zero-order chi connectivity index (χ0) is 16.7. The maximum Gasteiger partial charge on any atom is 0.164 e. The van der Waals surface area contributed by atoms with Crippen molar-refractivity contribution in [2.75, 3.05) is 19.0 Å². The van der Waals surface area contributed by atoms with Crippen LogP contribution in [0.3, 0.4) is 0 Å². The number of allylic oxidation sites excluding steroid dienone is 1. The zero-order valence-electron chi connectivity index (χ0n) is 14.2. The van der Waals surface area contributed by atoms with Gasteiger partial charge >= 0.3 is 0 Å². The Morgan fingerprint density at radius 1 is 1.22 bits per heavy atom. The standard InChI is InChI=1S/C20H25NO2/c1-5-8-17-12-16(13-19(23-6-2)20(17)22-4)14-21-18-10-7-9-15(3)11-18/h5,7,9-13,21H,1,6,8,14H2,2-4H3. The fourth-order valence-electron chi connectivity index (χ4n) is 2.59. The number of nitrogens with one attached hydrogen (secondary N) is 1. The normalized spacial score (nSPS) is 10.2. The first-order valence-corrected chi connectivity index (χ1v) is 7.92. The van der Waals surface area contributed by atoms with E-state index in [4.69, 9.17) is 9.47 Å². The summed E-state index contributed by atoms with van der Waals surface area (Å²) in [6.07, 6.45) is 2.63. The van der Waals surface area contributed by atoms with E-state index in [1.165, 1.54) is 5.56 Å². The average molecular weight is 311 g/mol. The first-order chi connectivity index (χ1) is 11.2. The van der Waals surface area contributed by atoms with Crippen LogP contribution in [0.25, 0.3) is 0 Å². The maximum atomic E-state index is 5.74. The van der Waals surface area contributed by atoms with Gasteiger partial charge in [0.1, 0.15) is 0 Å². The Morgan fingerprint density at radius 2 is 2.04 bits per heavy atom. The highest BCUT2D eigenvalue weighted by atomic mass is 16.5. The van der Waals surface area contributed by atoms with Crippen molar-refractivity contribution in [2.45, 2.75) is 26.8 Å². The van der Waals surface area contributed by atoms with Crippen molar-refractivity contribution in [1.82, 2.24) is 0 Å². The molecule has 0 aliphatic heterocycles. The molecule has 3 nitrogen and oxygen atoms in total. The summed E-state index contributed by atoms with van der Waals surface area (Å²) >= 11 is 0. The topological polar surface area (TPSA) is 30.5 Å². The molecular weight excluding hydrogens is 286 g/mol. The molecule has 0 unspecified atom stereocenters. The minimum atomic E-state index is 0.610. The van der Waals surface area contributed by atoms with Crippen molar-refractivity contribution in [3.8, 4) is 11.5 Å². The first-order valence-electron chi connectivity index (χ1n) is 7.92. The average Bonchev–Trinajstić information content (AvgIpc) is 2.54. The lowest BCUT2D eigenvalue weighted by atomic mass is 10.1. The molecule has 0 aliphatic carbocycles. The van der Waals surface area contributed by atoms with Crippen molar-refractivity contribution in [1.29, 1.82) is 0 Å². The molecule has 0 amide bonds. The van der Waals surface area contributed by atoms with Gasteiger partial charge in [-0.15, -0.1) is 6.58 Å². The van der Waals surface area contributed by atoms with Gasteiger partial charge in [0, 0.05) is 17.8 Å². The monoisotopic (exact) mass is 311 g/mol. The molecular formula is C20H25NO2. The number of hydrogen-bond donors (Lipinski definition) is 1. The summed E-state index contributed by atoms with van der Waals surface area (Å²) in [5.41, 5.74) is 4.61. The Balaban J connectivity index is 2.25. The highest BCUT2D eigenvalue weighted by Crippen LogP contribution is 2.33. The Labute approximate surface area is 138 Å². The second-order valence-electron chi connectivity index (χ2n) is 5.44. The minimum Gasteiger partial charge on any atom is -0.493 e. The van der Waals surface area contributed by atoms with Crippen LogP contribution in [0.15, 0.2) is 49.1 Å². The summed E-state index contributed by atoms with van der Waals surface area (Å²) in [5, 5.41) is 3.46. The third kappa shape index (κ3) is 4.52. The van der Waals surface area contributed by atoms with Crippen LogP contribution in [-0.2, 0) is 13.0 Å². The molecule has 0 saturated heterocycles. The number of anilines is 1. The molecule has 122 valence electrons. The first kappa shape index (κ1) is 16.9. The Hall–Kier alpha value is -2.42. The van der Waals surface area contributed by atoms with E-state index >= 15 is 0 Å². The molecule has 0 bridgehead atoms. The van der Waals surface area contributed by atoms with Crippen LogP contribution < -0.4 is 14.8 Å². The van der Waals surface area contributed by atoms with E-state index in [2.05, 4.69) is 49.2 Å². The number of methoxy groups -OCH3 is 1. The number of ether oxygens (including phenoxy) is 2. The molecule has 0 spiro atoms. The van der Waals surface area contributed by atoms with E-state index in [0.717, 1.165) is 41.3 Å². The highest BCUT2D eigenvalue weighted by Gasteiger charge is 2.12. The molecule has 0 atom stereocenters. The molecule has 1 N–H and O–H groups in total. The Kier molecular flexibility index (Phi) is 6.10. The second-order valence-corrected chi connectivity index (χ2v) is 5.44. The summed E-state index contributed by atoms with van der Waals surface area (Å²) in [6.45, 7) is 9.24. The van der Waals surface area contributed by atoms with E-state index in [1.54, 1.807) is 7.11 Å². The van der Waals surface area contributed by atoms with Gasteiger partial charge in [0.2, 0.25) is 0 Å². The molecule has 0 radical (unpaired) electrons. The van der Waals surface area contributed by atoms with E-state index in [0.29, 0.717) is 6.61 Å². The summed E-state index contributed by atoms with van der Waals surface area (Å²) in [4.78, 5) is 0. The lowest BCUT2D eigenvalue weighted by Crippen LogP contribution is -2.04. The van der Waals surface area contributed by atoms with Crippen molar-refractivity contribution in [3.05, 3.63) is 65.7 Å². The quantitative estimate of drug-likeness (QED) is 0.714. The van der Waals surface area contributed by atoms with E-state index in [1.807, 2.05) is 19.1 Å². The van der Waals surface area contributed by atoms with Crippen LogP contribution in [0, 0.1) is 6.92 Å². The summed E-state index contributed by atoms with van der Waals surface area (Å²) < 4.78 is 11.3. The van der Waals surface area contributed by atoms with Gasteiger partial charge < -0.3 is 14.8 Å². The van der Waals surface area contributed by atoms with Crippen LogP contribution in [0.5, 0.6) is 11.5 Å². The lowest BCUT2D eigenvalue weighted by Gasteiger charge is -2.16. The van der Waals surface area contributed by atoms with Gasteiger partial charge in [-0.05, 0) is 55.7 Å².